The molecule has 0 radical (unpaired) electrons. The summed E-state index contributed by atoms with van der Waals surface area (Å²) in [7, 11) is 0. The molecule has 0 amide bonds. The highest BCUT2D eigenvalue weighted by molar-refractivity contribution is 5.71. The minimum Gasteiger partial charge on any atom is -0.462 e. The van der Waals surface area contributed by atoms with E-state index >= 15 is 0 Å². The molecule has 0 heterocycles. The fourth-order valence-corrected chi connectivity index (χ4v) is 10.3. The summed E-state index contributed by atoms with van der Waals surface area (Å²) in [6.07, 6.45) is 80.2. The van der Waals surface area contributed by atoms with Gasteiger partial charge in [0.2, 0.25) is 0 Å². The quantitative estimate of drug-likeness (QED) is 0.0261. The summed E-state index contributed by atoms with van der Waals surface area (Å²) < 4.78 is 17.0. The molecule has 0 fully saturated rings. The highest BCUT2D eigenvalue weighted by Gasteiger charge is 2.19. The maximum atomic E-state index is 12.9. The van der Waals surface area contributed by atoms with E-state index in [4.69, 9.17) is 14.2 Å². The van der Waals surface area contributed by atoms with Gasteiger partial charge < -0.3 is 14.2 Å². The Kier molecular flexibility index (Phi) is 63.1. The Morgan fingerprint density at radius 1 is 0.276 bits per heavy atom. The Morgan fingerprint density at radius 2 is 0.513 bits per heavy atom. The first kappa shape index (κ1) is 73.6. The Morgan fingerprint density at radius 3 is 0.803 bits per heavy atom. The second-order valence-corrected chi connectivity index (χ2v) is 23.1. The van der Waals surface area contributed by atoms with Crippen LogP contribution in [0.4, 0.5) is 0 Å². The smallest absolute Gasteiger partial charge is 0.306 e. The molecule has 0 aromatic heterocycles. The van der Waals surface area contributed by atoms with Crippen LogP contribution in [0.5, 0.6) is 0 Å². The van der Waals surface area contributed by atoms with E-state index in [-0.39, 0.29) is 31.1 Å². The summed E-state index contributed by atoms with van der Waals surface area (Å²) in [5.41, 5.74) is 0. The molecule has 1 unspecified atom stereocenters. The van der Waals surface area contributed by atoms with Gasteiger partial charge in [0.1, 0.15) is 13.2 Å². The average Bonchev–Trinajstić information content (AvgIpc) is 3.42. The van der Waals surface area contributed by atoms with Crippen LogP contribution in [0.15, 0.2) is 36.5 Å². The normalized spacial score (nSPS) is 12.2. The molecule has 1 atom stereocenters. The summed E-state index contributed by atoms with van der Waals surface area (Å²) in [6.45, 7) is 6.59. The largest absolute Gasteiger partial charge is 0.462 e. The van der Waals surface area contributed by atoms with E-state index < -0.39 is 6.10 Å². The van der Waals surface area contributed by atoms with E-state index in [1.807, 2.05) is 0 Å². The van der Waals surface area contributed by atoms with Gasteiger partial charge in [-0.05, 0) is 51.4 Å². The standard InChI is InChI=1S/C70H130O6/c1-4-7-10-13-16-19-22-25-28-30-32-34-35-36-38-39-42-45-48-51-54-57-60-63-69(72)75-66-67(65-74-68(71)62-59-56-53-50-47-44-41-27-24-21-18-15-12-9-6-3)76-70(73)64-61-58-55-52-49-46-43-40-37-33-31-29-26-23-20-17-14-11-8-5-2/h9,12,18,21,27,41,67H,4-8,10-11,13-17,19-20,22-26,28-40,42-66H2,1-3H3/b12-9-,21-18-,41-27-. The lowest BCUT2D eigenvalue weighted by atomic mass is 10.0. The zero-order chi connectivity index (χ0) is 55.0. The van der Waals surface area contributed by atoms with E-state index in [0.717, 1.165) is 96.3 Å². The van der Waals surface area contributed by atoms with Gasteiger partial charge in [0.15, 0.2) is 6.10 Å². The first-order chi connectivity index (χ1) is 37.5. The maximum absolute atomic E-state index is 12.9. The van der Waals surface area contributed by atoms with Gasteiger partial charge in [-0.25, -0.2) is 0 Å². The van der Waals surface area contributed by atoms with Gasteiger partial charge in [0.25, 0.3) is 0 Å². The highest BCUT2D eigenvalue weighted by Crippen LogP contribution is 2.19. The van der Waals surface area contributed by atoms with Crippen molar-refractivity contribution in [1.29, 1.82) is 0 Å². The highest BCUT2D eigenvalue weighted by atomic mass is 16.6. The number of carbonyl (C=O) groups excluding carboxylic acids is 3. The van der Waals surface area contributed by atoms with Crippen molar-refractivity contribution < 1.29 is 28.6 Å². The van der Waals surface area contributed by atoms with Crippen molar-refractivity contribution in [1.82, 2.24) is 0 Å². The molecule has 6 heteroatoms. The molecule has 446 valence electrons. The molecule has 0 aliphatic carbocycles. The summed E-state index contributed by atoms with van der Waals surface area (Å²) in [5, 5.41) is 0. The molecule has 0 aromatic carbocycles. The van der Waals surface area contributed by atoms with Crippen LogP contribution in [0.2, 0.25) is 0 Å². The third kappa shape index (κ3) is 62.5. The van der Waals surface area contributed by atoms with Crippen LogP contribution in [-0.4, -0.2) is 37.2 Å². The Hall–Kier alpha value is -2.37. The molecule has 0 saturated carbocycles. The maximum Gasteiger partial charge on any atom is 0.306 e. The molecule has 0 bridgehead atoms. The second-order valence-electron chi connectivity index (χ2n) is 23.1. The average molecular weight is 1070 g/mol. The lowest BCUT2D eigenvalue weighted by molar-refractivity contribution is -0.167. The summed E-state index contributed by atoms with van der Waals surface area (Å²) in [4.78, 5) is 38.4. The monoisotopic (exact) mass is 1070 g/mol. The lowest BCUT2D eigenvalue weighted by Crippen LogP contribution is -2.30. The van der Waals surface area contributed by atoms with Crippen molar-refractivity contribution >= 4 is 17.9 Å². The zero-order valence-corrected chi connectivity index (χ0v) is 51.3. The molecule has 0 spiro atoms. The van der Waals surface area contributed by atoms with Crippen molar-refractivity contribution in [2.24, 2.45) is 0 Å². The molecule has 6 nitrogen and oxygen atoms in total. The topological polar surface area (TPSA) is 78.9 Å². The van der Waals surface area contributed by atoms with Crippen molar-refractivity contribution in [3.63, 3.8) is 0 Å². The number of unbranched alkanes of at least 4 members (excludes halogenated alkanes) is 46. The van der Waals surface area contributed by atoms with Gasteiger partial charge in [0.05, 0.1) is 0 Å². The van der Waals surface area contributed by atoms with E-state index in [9.17, 15) is 14.4 Å². The van der Waals surface area contributed by atoms with Crippen LogP contribution in [0.3, 0.4) is 0 Å². The minimum atomic E-state index is -0.777. The lowest BCUT2D eigenvalue weighted by Gasteiger charge is -2.18. The van der Waals surface area contributed by atoms with Gasteiger partial charge in [-0.2, -0.15) is 0 Å². The van der Waals surface area contributed by atoms with Crippen molar-refractivity contribution in [2.45, 2.75) is 380 Å². The molecule has 0 saturated heterocycles. The van der Waals surface area contributed by atoms with E-state index in [2.05, 4.69) is 57.2 Å². The fourth-order valence-electron chi connectivity index (χ4n) is 10.3. The van der Waals surface area contributed by atoms with Gasteiger partial charge in [-0.3, -0.25) is 14.4 Å². The third-order valence-electron chi connectivity index (χ3n) is 15.4. The number of esters is 3. The Balaban J connectivity index is 4.28. The molecule has 0 aliphatic rings. The molecular weight excluding hydrogens is 937 g/mol. The number of carbonyl (C=O) groups is 3. The molecule has 0 aromatic rings. The van der Waals surface area contributed by atoms with Gasteiger partial charge in [0, 0.05) is 19.3 Å². The van der Waals surface area contributed by atoms with Gasteiger partial charge >= 0.3 is 17.9 Å². The number of rotatable bonds is 63. The number of allylic oxidation sites excluding steroid dienone is 6. The van der Waals surface area contributed by atoms with Crippen LogP contribution in [0.1, 0.15) is 374 Å². The molecule has 0 N–H and O–H groups in total. The van der Waals surface area contributed by atoms with Gasteiger partial charge in [-0.1, -0.05) is 340 Å². The number of hydrogen-bond donors (Lipinski definition) is 0. The van der Waals surface area contributed by atoms with Crippen molar-refractivity contribution in [3.8, 4) is 0 Å². The number of hydrogen-bond acceptors (Lipinski definition) is 6. The first-order valence-corrected chi connectivity index (χ1v) is 34.0. The fraction of sp³-hybridized carbons (Fsp3) is 0.871. The molecular formula is C70H130O6. The first-order valence-electron chi connectivity index (χ1n) is 34.0. The zero-order valence-electron chi connectivity index (χ0n) is 51.3. The van der Waals surface area contributed by atoms with E-state index in [1.165, 1.54) is 238 Å². The van der Waals surface area contributed by atoms with Crippen LogP contribution < -0.4 is 0 Å². The Bertz CT molecular complexity index is 1270. The third-order valence-corrected chi connectivity index (χ3v) is 15.4. The summed E-state index contributed by atoms with van der Waals surface area (Å²) in [5.74, 6) is -0.860. The van der Waals surface area contributed by atoms with Crippen LogP contribution >= 0.6 is 0 Å². The van der Waals surface area contributed by atoms with Crippen molar-refractivity contribution in [3.05, 3.63) is 36.5 Å². The summed E-state index contributed by atoms with van der Waals surface area (Å²) >= 11 is 0. The predicted octanol–water partition coefficient (Wildman–Crippen LogP) is 23.2. The van der Waals surface area contributed by atoms with Crippen molar-refractivity contribution in [2.75, 3.05) is 13.2 Å². The minimum absolute atomic E-state index is 0.0719. The predicted molar refractivity (Wildman–Crippen MR) is 330 cm³/mol. The number of ether oxygens (including phenoxy) is 3. The van der Waals surface area contributed by atoms with Gasteiger partial charge in [-0.15, -0.1) is 0 Å². The Labute approximate surface area is 474 Å². The molecule has 0 aliphatic heterocycles. The van der Waals surface area contributed by atoms with E-state index in [0.29, 0.717) is 19.3 Å². The summed E-state index contributed by atoms with van der Waals surface area (Å²) in [6, 6.07) is 0. The van der Waals surface area contributed by atoms with Crippen LogP contribution in [0.25, 0.3) is 0 Å². The molecule has 0 rings (SSSR count). The van der Waals surface area contributed by atoms with Crippen LogP contribution in [0, 0.1) is 0 Å². The molecule has 76 heavy (non-hydrogen) atoms. The SMILES string of the molecule is CC/C=C\C/C=C\C/C=C\CCCCCCCC(=O)OCC(COC(=O)CCCCCCCCCCCCCCCCCCCCCCCCC)OC(=O)CCCCCCCCCCCCCCCCCCCCCC. The van der Waals surface area contributed by atoms with Crippen LogP contribution in [-0.2, 0) is 28.6 Å². The second kappa shape index (κ2) is 65.2. The van der Waals surface area contributed by atoms with E-state index in [1.54, 1.807) is 0 Å².